The van der Waals surface area contributed by atoms with Gasteiger partial charge in [0, 0.05) is 27.4 Å². The third-order valence-corrected chi connectivity index (χ3v) is 5.57. The lowest BCUT2D eigenvalue weighted by Crippen LogP contribution is -2.31. The first kappa shape index (κ1) is 21.4. The van der Waals surface area contributed by atoms with Crippen molar-refractivity contribution in [3.63, 3.8) is 0 Å². The van der Waals surface area contributed by atoms with E-state index in [0.717, 1.165) is 21.8 Å². The summed E-state index contributed by atoms with van der Waals surface area (Å²) in [6.45, 7) is 0.352. The van der Waals surface area contributed by atoms with Crippen LogP contribution in [0.4, 0.5) is 0 Å². The lowest BCUT2D eigenvalue weighted by Gasteiger charge is -2.09. The number of rotatable bonds is 7. The number of hydrogen-bond acceptors (Lipinski definition) is 7. The van der Waals surface area contributed by atoms with Crippen molar-refractivity contribution in [2.75, 3.05) is 0 Å². The first-order chi connectivity index (χ1) is 13.9. The Morgan fingerprint density at radius 2 is 2.07 bits per heavy atom. The fraction of sp³-hybridized carbons (Fsp3) is 0.158. The molecular formula is C19H14BrClN3O4S-. The molecule has 0 bridgehead atoms. The van der Waals surface area contributed by atoms with Gasteiger partial charge in [-0.15, -0.1) is 5.10 Å². The van der Waals surface area contributed by atoms with Gasteiger partial charge in [-0.2, -0.15) is 5.10 Å². The maximum atomic E-state index is 11.7. The van der Waals surface area contributed by atoms with Gasteiger partial charge in [-0.05, 0) is 35.9 Å². The Hall–Kier alpha value is -2.36. The van der Waals surface area contributed by atoms with E-state index in [9.17, 15) is 14.7 Å². The monoisotopic (exact) mass is 494 g/mol. The molecule has 0 aliphatic carbocycles. The van der Waals surface area contributed by atoms with E-state index in [1.54, 1.807) is 18.2 Å². The van der Waals surface area contributed by atoms with Gasteiger partial charge >= 0.3 is 0 Å². The fourth-order valence-electron chi connectivity index (χ4n) is 2.37. The highest BCUT2D eigenvalue weighted by Gasteiger charge is 2.30. The van der Waals surface area contributed by atoms with Crippen LogP contribution < -0.4 is 15.2 Å². The number of ether oxygens (including phenoxy) is 1. The smallest absolute Gasteiger partial charge is 0.239 e. The number of halogens is 2. The zero-order valence-corrected chi connectivity index (χ0v) is 18.0. The molecule has 150 valence electrons. The molecule has 2 aromatic carbocycles. The van der Waals surface area contributed by atoms with E-state index in [-0.39, 0.29) is 11.6 Å². The van der Waals surface area contributed by atoms with Gasteiger partial charge in [0.15, 0.2) is 5.17 Å². The van der Waals surface area contributed by atoms with E-state index in [4.69, 9.17) is 16.3 Å². The highest BCUT2D eigenvalue weighted by atomic mass is 79.9. The Morgan fingerprint density at radius 3 is 2.79 bits per heavy atom. The van der Waals surface area contributed by atoms with Crippen molar-refractivity contribution < 1.29 is 19.4 Å². The highest BCUT2D eigenvalue weighted by Crippen LogP contribution is 2.24. The Bertz CT molecular complexity index is 982. The standard InChI is InChI=1S/C19H15BrClN3O4S/c20-13-3-6-15(28-10-11-1-4-14(21)5-2-11)12(7-13)9-22-24-19-23-18(27)16(29-19)8-17(25)26/h1-7,9,16H,8,10H2,(H,25,26)(H,23,24,27)/p-1/b22-9-/t16-/m0/s1. The third kappa shape index (κ3) is 6.31. The summed E-state index contributed by atoms with van der Waals surface area (Å²) >= 11 is 10.3. The molecule has 2 aromatic rings. The summed E-state index contributed by atoms with van der Waals surface area (Å²) in [5, 5.41) is 21.2. The molecule has 1 amide bonds. The minimum Gasteiger partial charge on any atom is -0.550 e. The molecule has 3 rings (SSSR count). The van der Waals surface area contributed by atoms with Crippen molar-refractivity contribution in [2.45, 2.75) is 18.3 Å². The number of nitrogens with one attached hydrogen (secondary N) is 1. The summed E-state index contributed by atoms with van der Waals surface area (Å²) in [6.07, 6.45) is 1.11. The maximum Gasteiger partial charge on any atom is 0.239 e. The lowest BCUT2D eigenvalue weighted by atomic mass is 10.2. The molecule has 1 heterocycles. The average molecular weight is 496 g/mol. The predicted molar refractivity (Wildman–Crippen MR) is 114 cm³/mol. The second-order valence-electron chi connectivity index (χ2n) is 5.92. The van der Waals surface area contributed by atoms with Gasteiger partial charge in [-0.1, -0.05) is 51.4 Å². The van der Waals surface area contributed by atoms with Crippen LogP contribution in [0.3, 0.4) is 0 Å². The summed E-state index contributed by atoms with van der Waals surface area (Å²) < 4.78 is 6.70. The number of amidine groups is 1. The number of carboxylic acid groups (broad SMARTS) is 1. The van der Waals surface area contributed by atoms with Crippen molar-refractivity contribution in [1.82, 2.24) is 5.32 Å². The molecule has 1 atom stereocenters. The van der Waals surface area contributed by atoms with Crippen LogP contribution in [0.15, 0.2) is 57.1 Å². The normalized spacial score (nSPS) is 17.7. The topological polar surface area (TPSA) is 103 Å². The van der Waals surface area contributed by atoms with Crippen molar-refractivity contribution in [1.29, 1.82) is 0 Å². The Labute approximate surface area is 184 Å². The minimum atomic E-state index is -1.29. The zero-order chi connectivity index (χ0) is 20.8. The largest absolute Gasteiger partial charge is 0.550 e. The fourth-order valence-corrected chi connectivity index (χ4v) is 3.79. The Kier molecular flexibility index (Phi) is 7.29. The zero-order valence-electron chi connectivity index (χ0n) is 14.8. The van der Waals surface area contributed by atoms with Crippen LogP contribution in [0.2, 0.25) is 5.02 Å². The second-order valence-corrected chi connectivity index (χ2v) is 8.46. The van der Waals surface area contributed by atoms with E-state index in [0.29, 0.717) is 22.9 Å². The van der Waals surface area contributed by atoms with Gasteiger partial charge in [0.1, 0.15) is 12.4 Å². The molecule has 29 heavy (non-hydrogen) atoms. The number of aliphatic carboxylic acids is 1. The van der Waals surface area contributed by atoms with Crippen LogP contribution in [0.25, 0.3) is 0 Å². The van der Waals surface area contributed by atoms with Crippen molar-refractivity contribution in [3.05, 3.63) is 63.1 Å². The first-order valence-corrected chi connectivity index (χ1v) is 10.4. The third-order valence-electron chi connectivity index (χ3n) is 3.75. The van der Waals surface area contributed by atoms with Crippen molar-refractivity contribution >= 4 is 62.6 Å². The molecular weight excluding hydrogens is 482 g/mol. The molecule has 0 unspecified atom stereocenters. The second kappa shape index (κ2) is 9.91. The Balaban J connectivity index is 1.68. The number of carboxylic acids is 1. The summed E-state index contributed by atoms with van der Waals surface area (Å²) in [5.41, 5.74) is 1.64. The molecule has 0 aromatic heterocycles. The molecule has 1 aliphatic rings. The van der Waals surface area contributed by atoms with Gasteiger partial charge in [-0.25, -0.2) is 0 Å². The van der Waals surface area contributed by atoms with E-state index in [1.807, 2.05) is 24.3 Å². The van der Waals surface area contributed by atoms with E-state index >= 15 is 0 Å². The number of thioether (sulfide) groups is 1. The number of nitrogens with zero attached hydrogens (tertiary/aromatic N) is 2. The number of carbonyl (C=O) groups is 2. The highest BCUT2D eigenvalue weighted by molar-refractivity contribution is 9.10. The minimum absolute atomic E-state index is 0.233. The molecule has 0 saturated carbocycles. The molecule has 0 radical (unpaired) electrons. The van der Waals surface area contributed by atoms with Crippen LogP contribution in [0.5, 0.6) is 5.75 Å². The molecule has 7 nitrogen and oxygen atoms in total. The van der Waals surface area contributed by atoms with Crippen molar-refractivity contribution in [3.8, 4) is 5.75 Å². The Morgan fingerprint density at radius 1 is 1.31 bits per heavy atom. The molecule has 1 N–H and O–H groups in total. The summed E-state index contributed by atoms with van der Waals surface area (Å²) in [6, 6.07) is 12.8. The predicted octanol–water partition coefficient (Wildman–Crippen LogP) is 2.74. The van der Waals surface area contributed by atoms with E-state index in [2.05, 4.69) is 31.4 Å². The van der Waals surface area contributed by atoms with E-state index < -0.39 is 17.1 Å². The first-order valence-electron chi connectivity index (χ1n) is 8.36. The van der Waals surface area contributed by atoms with Gasteiger partial charge in [-0.3, -0.25) is 4.79 Å². The lowest BCUT2D eigenvalue weighted by molar-refractivity contribution is -0.305. The summed E-state index contributed by atoms with van der Waals surface area (Å²) in [7, 11) is 0. The van der Waals surface area contributed by atoms with Gasteiger partial charge in [0.2, 0.25) is 5.91 Å². The van der Waals surface area contributed by atoms with Gasteiger partial charge in [0.25, 0.3) is 0 Å². The molecule has 1 saturated heterocycles. The van der Waals surface area contributed by atoms with Crippen LogP contribution in [0.1, 0.15) is 17.5 Å². The van der Waals surface area contributed by atoms with Gasteiger partial charge < -0.3 is 20.0 Å². The number of benzene rings is 2. The van der Waals surface area contributed by atoms with Crippen LogP contribution in [0, 0.1) is 0 Å². The summed E-state index contributed by atoms with van der Waals surface area (Å²) in [4.78, 5) is 22.4. The SMILES string of the molecule is O=C([O-])C[C@@H]1S/C(=N\N=C/c2cc(Br)ccc2OCc2ccc(Cl)cc2)NC1=O. The molecule has 1 aliphatic heterocycles. The summed E-state index contributed by atoms with van der Waals surface area (Å²) in [5.74, 6) is -1.12. The number of amides is 1. The van der Waals surface area contributed by atoms with Gasteiger partial charge in [0.05, 0.1) is 11.5 Å². The number of carbonyl (C=O) groups excluding carboxylic acids is 2. The van der Waals surface area contributed by atoms with E-state index in [1.165, 1.54) is 6.21 Å². The van der Waals surface area contributed by atoms with Crippen LogP contribution in [-0.4, -0.2) is 28.5 Å². The molecule has 0 spiro atoms. The molecule has 1 fully saturated rings. The van der Waals surface area contributed by atoms with Crippen molar-refractivity contribution in [2.24, 2.45) is 10.2 Å². The maximum absolute atomic E-state index is 11.7. The van der Waals surface area contributed by atoms with Crippen LogP contribution >= 0.6 is 39.3 Å². The quantitative estimate of drug-likeness (QED) is 0.470. The van der Waals surface area contributed by atoms with Crippen LogP contribution in [-0.2, 0) is 16.2 Å². The average Bonchev–Trinajstić information content (AvgIpc) is 3.01. The number of hydrogen-bond donors (Lipinski definition) is 1. The molecule has 10 heteroatoms.